The van der Waals surface area contributed by atoms with Crippen molar-refractivity contribution in [3.63, 3.8) is 0 Å². The van der Waals surface area contributed by atoms with E-state index in [1.54, 1.807) is 24.3 Å². The maximum atomic E-state index is 11.8. The van der Waals surface area contributed by atoms with Gasteiger partial charge in [-0.3, -0.25) is 4.79 Å². The summed E-state index contributed by atoms with van der Waals surface area (Å²) in [6.07, 6.45) is 3.74. The molecule has 1 aromatic rings. The highest BCUT2D eigenvalue weighted by molar-refractivity contribution is 5.94. The number of nitrogens with one attached hydrogen (secondary N) is 1. The second-order valence-electron chi connectivity index (χ2n) is 4.68. The van der Waals surface area contributed by atoms with Gasteiger partial charge in [-0.15, -0.1) is 0 Å². The first-order chi connectivity index (χ1) is 7.65. The maximum Gasteiger partial charge on any atom is 0.251 e. The SMILES string of the molecule is CC(CC1CC1)NC(=O)c1ccc(N)cc1. The average Bonchev–Trinajstić information content (AvgIpc) is 3.02. The van der Waals surface area contributed by atoms with Crippen LogP contribution in [0.15, 0.2) is 24.3 Å². The van der Waals surface area contributed by atoms with E-state index in [-0.39, 0.29) is 11.9 Å². The standard InChI is InChI=1S/C13H18N2O/c1-9(8-10-2-3-10)15-13(16)11-4-6-12(14)7-5-11/h4-7,9-10H,2-3,8,14H2,1H3,(H,15,16). The van der Waals surface area contributed by atoms with Gasteiger partial charge in [0.15, 0.2) is 0 Å². The Kier molecular flexibility index (Phi) is 3.13. The van der Waals surface area contributed by atoms with Crippen molar-refractivity contribution >= 4 is 11.6 Å². The predicted octanol–water partition coefficient (Wildman–Crippen LogP) is 2.19. The second kappa shape index (κ2) is 4.56. The lowest BCUT2D eigenvalue weighted by Gasteiger charge is -2.13. The molecule has 3 heteroatoms. The molecule has 1 aromatic carbocycles. The third kappa shape index (κ3) is 2.99. The first kappa shape index (κ1) is 11.0. The fourth-order valence-electron chi connectivity index (χ4n) is 1.85. The Hall–Kier alpha value is -1.51. The Bertz CT molecular complexity index is 368. The van der Waals surface area contributed by atoms with Crippen LogP contribution in [-0.2, 0) is 0 Å². The van der Waals surface area contributed by atoms with Crippen molar-refractivity contribution < 1.29 is 4.79 Å². The molecule has 0 radical (unpaired) electrons. The minimum Gasteiger partial charge on any atom is -0.399 e. The van der Waals surface area contributed by atoms with Crippen LogP contribution in [0.2, 0.25) is 0 Å². The molecule has 1 saturated carbocycles. The van der Waals surface area contributed by atoms with Gasteiger partial charge in [0.2, 0.25) is 0 Å². The highest BCUT2D eigenvalue weighted by atomic mass is 16.1. The fraction of sp³-hybridized carbons (Fsp3) is 0.462. The van der Waals surface area contributed by atoms with E-state index in [2.05, 4.69) is 12.2 Å². The molecule has 1 atom stereocenters. The predicted molar refractivity (Wildman–Crippen MR) is 65.1 cm³/mol. The van der Waals surface area contributed by atoms with Gasteiger partial charge in [-0.25, -0.2) is 0 Å². The lowest BCUT2D eigenvalue weighted by molar-refractivity contribution is 0.0937. The maximum absolute atomic E-state index is 11.8. The van der Waals surface area contributed by atoms with Crippen molar-refractivity contribution in [1.29, 1.82) is 0 Å². The van der Waals surface area contributed by atoms with Gasteiger partial charge >= 0.3 is 0 Å². The number of carbonyl (C=O) groups excluding carboxylic acids is 1. The number of nitrogens with two attached hydrogens (primary N) is 1. The normalized spacial score (nSPS) is 16.8. The average molecular weight is 218 g/mol. The molecule has 0 spiro atoms. The summed E-state index contributed by atoms with van der Waals surface area (Å²) in [5, 5.41) is 3.01. The number of hydrogen-bond acceptors (Lipinski definition) is 2. The molecule has 1 aliphatic carbocycles. The van der Waals surface area contributed by atoms with Crippen LogP contribution in [0.3, 0.4) is 0 Å². The Labute approximate surface area is 96.0 Å². The lowest BCUT2D eigenvalue weighted by atomic mass is 10.1. The van der Waals surface area contributed by atoms with Crippen LogP contribution in [0.5, 0.6) is 0 Å². The van der Waals surface area contributed by atoms with Gasteiger partial charge in [0.05, 0.1) is 0 Å². The number of benzene rings is 1. The lowest BCUT2D eigenvalue weighted by Crippen LogP contribution is -2.32. The quantitative estimate of drug-likeness (QED) is 0.761. The van der Waals surface area contributed by atoms with E-state index in [1.165, 1.54) is 12.8 Å². The number of hydrogen-bond donors (Lipinski definition) is 2. The van der Waals surface area contributed by atoms with Crippen LogP contribution in [0.4, 0.5) is 5.69 Å². The molecular formula is C13H18N2O. The summed E-state index contributed by atoms with van der Waals surface area (Å²) < 4.78 is 0. The van der Waals surface area contributed by atoms with Crippen LogP contribution in [0.25, 0.3) is 0 Å². The van der Waals surface area contributed by atoms with E-state index >= 15 is 0 Å². The van der Waals surface area contributed by atoms with Crippen LogP contribution in [0, 0.1) is 5.92 Å². The minimum atomic E-state index is -0.00634. The van der Waals surface area contributed by atoms with E-state index < -0.39 is 0 Å². The number of rotatable bonds is 4. The Balaban J connectivity index is 1.88. The van der Waals surface area contributed by atoms with Crippen LogP contribution in [-0.4, -0.2) is 11.9 Å². The summed E-state index contributed by atoms with van der Waals surface area (Å²) in [7, 11) is 0. The summed E-state index contributed by atoms with van der Waals surface area (Å²) >= 11 is 0. The number of carbonyl (C=O) groups is 1. The zero-order chi connectivity index (χ0) is 11.5. The van der Waals surface area contributed by atoms with Gasteiger partial charge < -0.3 is 11.1 Å². The van der Waals surface area contributed by atoms with Gasteiger partial charge in [-0.1, -0.05) is 12.8 Å². The van der Waals surface area contributed by atoms with Gasteiger partial charge in [0.1, 0.15) is 0 Å². The highest BCUT2D eigenvalue weighted by Crippen LogP contribution is 2.33. The zero-order valence-corrected chi connectivity index (χ0v) is 9.57. The second-order valence-corrected chi connectivity index (χ2v) is 4.68. The largest absolute Gasteiger partial charge is 0.399 e. The molecule has 3 nitrogen and oxygen atoms in total. The molecule has 3 N–H and O–H groups in total. The van der Waals surface area contributed by atoms with E-state index in [0.29, 0.717) is 11.3 Å². The fourth-order valence-corrected chi connectivity index (χ4v) is 1.85. The highest BCUT2D eigenvalue weighted by Gasteiger charge is 2.24. The first-order valence-electron chi connectivity index (χ1n) is 5.81. The van der Waals surface area contributed by atoms with Gasteiger partial charge in [-0.05, 0) is 43.5 Å². The van der Waals surface area contributed by atoms with Crippen molar-refractivity contribution in [3.8, 4) is 0 Å². The molecule has 1 amide bonds. The first-order valence-corrected chi connectivity index (χ1v) is 5.81. The third-order valence-corrected chi connectivity index (χ3v) is 2.93. The van der Waals surface area contributed by atoms with E-state index in [0.717, 1.165) is 12.3 Å². The molecule has 0 heterocycles. The summed E-state index contributed by atoms with van der Waals surface area (Å²) in [6, 6.07) is 7.28. The Morgan fingerprint density at radius 3 is 2.62 bits per heavy atom. The molecule has 1 aliphatic rings. The summed E-state index contributed by atoms with van der Waals surface area (Å²) in [5.41, 5.74) is 6.93. The topological polar surface area (TPSA) is 55.1 Å². The minimum absolute atomic E-state index is 0.00634. The van der Waals surface area contributed by atoms with Crippen molar-refractivity contribution in [2.75, 3.05) is 5.73 Å². The molecule has 1 fully saturated rings. The Morgan fingerprint density at radius 2 is 2.06 bits per heavy atom. The van der Waals surface area contributed by atoms with Crippen molar-refractivity contribution in [2.45, 2.75) is 32.2 Å². The molecule has 0 saturated heterocycles. The van der Waals surface area contributed by atoms with Gasteiger partial charge in [0.25, 0.3) is 5.91 Å². The van der Waals surface area contributed by atoms with Gasteiger partial charge in [-0.2, -0.15) is 0 Å². The van der Waals surface area contributed by atoms with Crippen molar-refractivity contribution in [3.05, 3.63) is 29.8 Å². The molecule has 1 unspecified atom stereocenters. The summed E-state index contributed by atoms with van der Waals surface area (Å²) in [5.74, 6) is 0.829. The zero-order valence-electron chi connectivity index (χ0n) is 9.57. The molecule has 0 aliphatic heterocycles. The van der Waals surface area contributed by atoms with Crippen molar-refractivity contribution in [2.24, 2.45) is 5.92 Å². The molecule has 16 heavy (non-hydrogen) atoms. The summed E-state index contributed by atoms with van der Waals surface area (Å²) in [6.45, 7) is 2.06. The molecule has 0 aromatic heterocycles. The van der Waals surface area contributed by atoms with Crippen molar-refractivity contribution in [1.82, 2.24) is 5.32 Å². The molecule has 0 bridgehead atoms. The summed E-state index contributed by atoms with van der Waals surface area (Å²) in [4.78, 5) is 11.8. The van der Waals surface area contributed by atoms with Crippen LogP contribution >= 0.6 is 0 Å². The smallest absolute Gasteiger partial charge is 0.251 e. The van der Waals surface area contributed by atoms with Gasteiger partial charge in [0, 0.05) is 17.3 Å². The van der Waals surface area contributed by atoms with E-state index in [4.69, 9.17) is 5.73 Å². The molecule has 2 rings (SSSR count). The number of anilines is 1. The number of amides is 1. The number of nitrogen functional groups attached to an aromatic ring is 1. The Morgan fingerprint density at radius 1 is 1.44 bits per heavy atom. The molecular weight excluding hydrogens is 200 g/mol. The van der Waals surface area contributed by atoms with E-state index in [9.17, 15) is 4.79 Å². The van der Waals surface area contributed by atoms with Crippen LogP contribution < -0.4 is 11.1 Å². The monoisotopic (exact) mass is 218 g/mol. The van der Waals surface area contributed by atoms with Crippen LogP contribution in [0.1, 0.15) is 36.5 Å². The van der Waals surface area contributed by atoms with E-state index in [1.807, 2.05) is 0 Å². The third-order valence-electron chi connectivity index (χ3n) is 2.93. The molecule has 86 valence electrons.